The van der Waals surface area contributed by atoms with Gasteiger partial charge in [0.15, 0.2) is 0 Å². The lowest BCUT2D eigenvalue weighted by molar-refractivity contribution is 0.120. The second-order valence-electron chi connectivity index (χ2n) is 5.14. The van der Waals surface area contributed by atoms with E-state index in [0.717, 1.165) is 30.9 Å². The van der Waals surface area contributed by atoms with Crippen molar-refractivity contribution in [3.63, 3.8) is 0 Å². The van der Waals surface area contributed by atoms with Crippen LogP contribution in [0, 0.1) is 6.92 Å². The minimum absolute atomic E-state index is 0.0610. The summed E-state index contributed by atoms with van der Waals surface area (Å²) in [5.74, 6) is 0. The van der Waals surface area contributed by atoms with Gasteiger partial charge >= 0.3 is 6.03 Å². The highest BCUT2D eigenvalue weighted by Crippen LogP contribution is 2.13. The number of carbonyl (C=O) groups is 1. The number of carbonyl (C=O) groups excluding carboxylic acids is 1. The fourth-order valence-electron chi connectivity index (χ4n) is 2.40. The third-order valence-corrected chi connectivity index (χ3v) is 3.49. The van der Waals surface area contributed by atoms with Crippen LogP contribution >= 0.6 is 0 Å². The third-order valence-electron chi connectivity index (χ3n) is 3.49. The van der Waals surface area contributed by atoms with Gasteiger partial charge < -0.3 is 20.9 Å². The molecular weight excluding hydrogens is 240 g/mol. The van der Waals surface area contributed by atoms with Crippen molar-refractivity contribution in [2.75, 3.05) is 38.5 Å². The van der Waals surface area contributed by atoms with Gasteiger partial charge in [-0.25, -0.2) is 4.79 Å². The van der Waals surface area contributed by atoms with Gasteiger partial charge in [0.2, 0.25) is 0 Å². The van der Waals surface area contributed by atoms with Crippen LogP contribution in [-0.2, 0) is 0 Å². The summed E-state index contributed by atoms with van der Waals surface area (Å²) in [6.45, 7) is 4.94. The minimum atomic E-state index is -0.0610. The Labute approximate surface area is 114 Å². The lowest BCUT2D eigenvalue weighted by atomic mass is 10.2. The summed E-state index contributed by atoms with van der Waals surface area (Å²) in [4.78, 5) is 16.3. The van der Waals surface area contributed by atoms with Crippen molar-refractivity contribution >= 4 is 11.7 Å². The average molecular weight is 262 g/mol. The van der Waals surface area contributed by atoms with Crippen LogP contribution in [0.15, 0.2) is 24.3 Å². The van der Waals surface area contributed by atoms with Crippen molar-refractivity contribution in [3.05, 3.63) is 29.8 Å². The summed E-state index contributed by atoms with van der Waals surface area (Å²) in [5, 5.41) is 2.94. The van der Waals surface area contributed by atoms with E-state index in [1.807, 2.05) is 36.1 Å². The number of anilines is 1. The molecule has 0 bridgehead atoms. The van der Waals surface area contributed by atoms with Crippen LogP contribution in [0.3, 0.4) is 0 Å². The molecule has 0 aromatic heterocycles. The molecule has 0 saturated carbocycles. The maximum atomic E-state index is 12.3. The highest BCUT2D eigenvalue weighted by molar-refractivity contribution is 5.89. The molecule has 1 atom stereocenters. The molecule has 19 heavy (non-hydrogen) atoms. The molecule has 3 N–H and O–H groups in total. The molecule has 2 amide bonds. The Bertz CT molecular complexity index is 449. The summed E-state index contributed by atoms with van der Waals surface area (Å²) in [5.41, 5.74) is 7.73. The van der Waals surface area contributed by atoms with Crippen LogP contribution < -0.4 is 11.1 Å². The van der Waals surface area contributed by atoms with Crippen molar-refractivity contribution in [2.45, 2.75) is 13.0 Å². The number of urea groups is 1. The number of amides is 2. The monoisotopic (exact) mass is 262 g/mol. The highest BCUT2D eigenvalue weighted by atomic mass is 16.2. The molecule has 1 heterocycles. The Morgan fingerprint density at radius 2 is 2.26 bits per heavy atom. The van der Waals surface area contributed by atoms with Crippen LogP contribution in [0.2, 0.25) is 0 Å². The maximum absolute atomic E-state index is 12.3. The van der Waals surface area contributed by atoms with Crippen LogP contribution in [0.4, 0.5) is 10.5 Å². The summed E-state index contributed by atoms with van der Waals surface area (Å²) in [7, 11) is 2.05. The maximum Gasteiger partial charge on any atom is 0.322 e. The van der Waals surface area contributed by atoms with Gasteiger partial charge in [0, 0.05) is 31.9 Å². The van der Waals surface area contributed by atoms with E-state index in [2.05, 4.69) is 17.3 Å². The zero-order valence-corrected chi connectivity index (χ0v) is 11.6. The Morgan fingerprint density at radius 3 is 2.95 bits per heavy atom. The Morgan fingerprint density at radius 1 is 1.47 bits per heavy atom. The normalized spacial score (nSPS) is 20.4. The molecule has 1 aliphatic heterocycles. The van der Waals surface area contributed by atoms with Gasteiger partial charge in [-0.15, -0.1) is 0 Å². The van der Waals surface area contributed by atoms with E-state index in [-0.39, 0.29) is 12.1 Å². The molecule has 0 spiro atoms. The van der Waals surface area contributed by atoms with Gasteiger partial charge in [0.25, 0.3) is 0 Å². The first-order valence-corrected chi connectivity index (χ1v) is 6.63. The van der Waals surface area contributed by atoms with E-state index in [0.29, 0.717) is 6.54 Å². The van der Waals surface area contributed by atoms with Crippen LogP contribution in [0.5, 0.6) is 0 Å². The van der Waals surface area contributed by atoms with E-state index in [4.69, 9.17) is 5.73 Å². The quantitative estimate of drug-likeness (QED) is 0.839. The van der Waals surface area contributed by atoms with E-state index >= 15 is 0 Å². The molecule has 0 radical (unpaired) electrons. The first-order chi connectivity index (χ1) is 9.10. The Kier molecular flexibility index (Phi) is 4.39. The molecule has 1 aromatic rings. The van der Waals surface area contributed by atoms with Crippen molar-refractivity contribution in [2.24, 2.45) is 5.73 Å². The molecule has 5 nitrogen and oxygen atoms in total. The average Bonchev–Trinajstić information content (AvgIpc) is 2.38. The second-order valence-corrected chi connectivity index (χ2v) is 5.14. The largest absolute Gasteiger partial charge is 0.328 e. The van der Waals surface area contributed by atoms with E-state index in [1.165, 1.54) is 0 Å². The highest BCUT2D eigenvalue weighted by Gasteiger charge is 2.27. The fraction of sp³-hybridized carbons (Fsp3) is 0.500. The predicted molar refractivity (Wildman–Crippen MR) is 77.2 cm³/mol. The number of aryl methyl sites for hydroxylation is 1. The summed E-state index contributed by atoms with van der Waals surface area (Å²) in [6.07, 6.45) is 0. The lowest BCUT2D eigenvalue weighted by Crippen LogP contribution is -2.57. The van der Waals surface area contributed by atoms with E-state index < -0.39 is 0 Å². The van der Waals surface area contributed by atoms with Gasteiger partial charge in [-0.05, 0) is 31.7 Å². The lowest BCUT2D eigenvalue weighted by Gasteiger charge is -2.39. The van der Waals surface area contributed by atoms with Crippen molar-refractivity contribution < 1.29 is 4.79 Å². The van der Waals surface area contributed by atoms with E-state index in [9.17, 15) is 4.79 Å². The molecule has 1 unspecified atom stereocenters. The molecular formula is C14H22N4O. The summed E-state index contributed by atoms with van der Waals surface area (Å²) < 4.78 is 0. The molecule has 1 aliphatic rings. The predicted octanol–water partition coefficient (Wildman–Crippen LogP) is 1.10. The van der Waals surface area contributed by atoms with Gasteiger partial charge in [0.05, 0.1) is 6.04 Å². The number of nitrogens with zero attached hydrogens (tertiary/aromatic N) is 2. The van der Waals surface area contributed by atoms with Gasteiger partial charge in [-0.1, -0.05) is 12.1 Å². The number of nitrogens with two attached hydrogens (primary N) is 1. The number of benzene rings is 1. The molecule has 5 heteroatoms. The Balaban J connectivity index is 2.02. The summed E-state index contributed by atoms with van der Waals surface area (Å²) >= 11 is 0. The number of nitrogens with one attached hydrogen (secondary N) is 1. The first-order valence-electron chi connectivity index (χ1n) is 6.63. The van der Waals surface area contributed by atoms with Gasteiger partial charge in [0.1, 0.15) is 0 Å². The second kappa shape index (κ2) is 6.04. The zero-order valence-electron chi connectivity index (χ0n) is 11.6. The zero-order chi connectivity index (χ0) is 13.8. The smallest absolute Gasteiger partial charge is 0.322 e. The minimum Gasteiger partial charge on any atom is -0.328 e. The van der Waals surface area contributed by atoms with Crippen molar-refractivity contribution in [3.8, 4) is 0 Å². The SMILES string of the molecule is Cc1cccc(NC(=O)N2CCN(C)CC2CN)c1. The molecule has 1 aromatic carbocycles. The standard InChI is InChI=1S/C14H22N4O/c1-11-4-3-5-12(8-11)16-14(19)18-7-6-17(2)10-13(18)9-15/h3-5,8,13H,6-7,9-10,15H2,1-2H3,(H,16,19). The van der Waals surface area contributed by atoms with Crippen molar-refractivity contribution in [1.29, 1.82) is 0 Å². The van der Waals surface area contributed by atoms with Crippen molar-refractivity contribution in [1.82, 2.24) is 9.80 Å². The topological polar surface area (TPSA) is 61.6 Å². The third kappa shape index (κ3) is 3.45. The number of hydrogen-bond acceptors (Lipinski definition) is 3. The molecule has 1 fully saturated rings. The number of rotatable bonds is 2. The van der Waals surface area contributed by atoms with Gasteiger partial charge in [-0.2, -0.15) is 0 Å². The Hall–Kier alpha value is -1.59. The molecule has 1 saturated heterocycles. The fourth-order valence-corrected chi connectivity index (χ4v) is 2.40. The first kappa shape index (κ1) is 13.8. The summed E-state index contributed by atoms with van der Waals surface area (Å²) in [6, 6.07) is 7.84. The van der Waals surface area contributed by atoms with Crippen LogP contribution in [0.25, 0.3) is 0 Å². The number of likely N-dealkylation sites (N-methyl/N-ethyl adjacent to an activating group) is 1. The molecule has 104 valence electrons. The van der Waals surface area contributed by atoms with E-state index in [1.54, 1.807) is 0 Å². The van der Waals surface area contributed by atoms with Crippen LogP contribution in [-0.4, -0.2) is 55.1 Å². The van der Waals surface area contributed by atoms with Crippen LogP contribution in [0.1, 0.15) is 5.56 Å². The molecule has 2 rings (SSSR count). The molecule has 0 aliphatic carbocycles. The van der Waals surface area contributed by atoms with Gasteiger partial charge in [-0.3, -0.25) is 0 Å². The number of piperazine rings is 1. The number of hydrogen-bond donors (Lipinski definition) is 2.